The number of aryl methyl sites for hydroxylation is 2. The zero-order chi connectivity index (χ0) is 21.0. The molecule has 0 bridgehead atoms. The number of nitrogens with one attached hydrogen (secondary N) is 2. The Labute approximate surface area is 175 Å². The van der Waals surface area contributed by atoms with Gasteiger partial charge in [-0.25, -0.2) is 8.42 Å². The largest absolute Gasteiger partial charge is 0.322 e. The third kappa shape index (κ3) is 5.19. The number of carbonyl (C=O) groups excluding carboxylic acids is 1. The topological polar surface area (TPSA) is 75.3 Å². The Hall–Kier alpha value is -2.77. The van der Waals surface area contributed by atoms with E-state index in [4.69, 9.17) is 0 Å². The van der Waals surface area contributed by atoms with Crippen LogP contribution >= 0.6 is 11.8 Å². The highest BCUT2D eigenvalue weighted by Crippen LogP contribution is 2.22. The molecule has 0 saturated heterocycles. The lowest BCUT2D eigenvalue weighted by Gasteiger charge is -2.12. The predicted molar refractivity (Wildman–Crippen MR) is 119 cm³/mol. The SMILES string of the molecule is CSc1ccc(NC(=O)c2ccc(NS(=O)(=O)c3cc(C)ccc3C)cc2)cc1. The van der Waals surface area contributed by atoms with Gasteiger partial charge in [-0.3, -0.25) is 9.52 Å². The van der Waals surface area contributed by atoms with E-state index in [1.807, 2.05) is 43.5 Å². The summed E-state index contributed by atoms with van der Waals surface area (Å²) < 4.78 is 28.0. The molecule has 1 amide bonds. The number of anilines is 2. The molecule has 5 nitrogen and oxygen atoms in total. The van der Waals surface area contributed by atoms with Gasteiger partial charge in [-0.15, -0.1) is 11.8 Å². The van der Waals surface area contributed by atoms with Gasteiger partial charge in [0.2, 0.25) is 0 Å². The molecule has 7 heteroatoms. The van der Waals surface area contributed by atoms with Crippen LogP contribution in [0.15, 0.2) is 76.5 Å². The van der Waals surface area contributed by atoms with Crippen LogP contribution in [0.4, 0.5) is 11.4 Å². The van der Waals surface area contributed by atoms with E-state index in [2.05, 4.69) is 10.0 Å². The number of amides is 1. The van der Waals surface area contributed by atoms with E-state index < -0.39 is 10.0 Å². The van der Waals surface area contributed by atoms with E-state index in [9.17, 15) is 13.2 Å². The molecule has 0 aliphatic heterocycles. The third-order valence-electron chi connectivity index (χ3n) is 4.38. The molecule has 0 heterocycles. The molecule has 0 atom stereocenters. The fourth-order valence-electron chi connectivity index (χ4n) is 2.77. The number of hydrogen-bond acceptors (Lipinski definition) is 4. The first-order valence-corrected chi connectivity index (χ1v) is 11.6. The number of carbonyl (C=O) groups is 1. The summed E-state index contributed by atoms with van der Waals surface area (Å²) in [6.45, 7) is 3.60. The summed E-state index contributed by atoms with van der Waals surface area (Å²) in [6, 6.07) is 19.2. The molecule has 0 radical (unpaired) electrons. The second kappa shape index (κ2) is 8.71. The monoisotopic (exact) mass is 426 g/mol. The van der Waals surface area contributed by atoms with Gasteiger partial charge in [0.1, 0.15) is 0 Å². The van der Waals surface area contributed by atoms with Crippen LogP contribution in [0.5, 0.6) is 0 Å². The minimum absolute atomic E-state index is 0.244. The zero-order valence-electron chi connectivity index (χ0n) is 16.4. The fraction of sp³-hybridized carbons (Fsp3) is 0.136. The molecule has 0 aliphatic rings. The normalized spacial score (nSPS) is 11.1. The Bertz CT molecular complexity index is 1120. The van der Waals surface area contributed by atoms with Gasteiger partial charge in [-0.05, 0) is 85.8 Å². The van der Waals surface area contributed by atoms with Crippen LogP contribution in [0, 0.1) is 13.8 Å². The van der Waals surface area contributed by atoms with E-state index in [0.29, 0.717) is 22.5 Å². The van der Waals surface area contributed by atoms with Crippen molar-refractivity contribution in [3.05, 3.63) is 83.4 Å². The van der Waals surface area contributed by atoms with Gasteiger partial charge in [0.05, 0.1) is 4.90 Å². The van der Waals surface area contributed by atoms with E-state index >= 15 is 0 Å². The molecule has 0 aromatic heterocycles. The predicted octanol–water partition coefficient (Wildman–Crippen LogP) is 5.08. The maximum absolute atomic E-state index is 12.7. The van der Waals surface area contributed by atoms with Crippen molar-refractivity contribution in [2.45, 2.75) is 23.6 Å². The first-order chi connectivity index (χ1) is 13.8. The molecule has 29 heavy (non-hydrogen) atoms. The summed E-state index contributed by atoms with van der Waals surface area (Å²) in [7, 11) is -3.71. The molecular weight excluding hydrogens is 404 g/mol. The number of hydrogen-bond donors (Lipinski definition) is 2. The average molecular weight is 427 g/mol. The highest BCUT2D eigenvalue weighted by molar-refractivity contribution is 7.98. The highest BCUT2D eigenvalue weighted by Gasteiger charge is 2.17. The van der Waals surface area contributed by atoms with Crippen molar-refractivity contribution in [2.24, 2.45) is 0 Å². The smallest absolute Gasteiger partial charge is 0.262 e. The van der Waals surface area contributed by atoms with Crippen LogP contribution in [-0.2, 0) is 10.0 Å². The molecule has 0 fully saturated rings. The van der Waals surface area contributed by atoms with Gasteiger partial charge < -0.3 is 5.32 Å². The molecule has 0 spiro atoms. The van der Waals surface area contributed by atoms with Gasteiger partial charge in [0.15, 0.2) is 0 Å². The Morgan fingerprint density at radius 1 is 0.862 bits per heavy atom. The van der Waals surface area contributed by atoms with Crippen molar-refractivity contribution in [1.29, 1.82) is 0 Å². The van der Waals surface area contributed by atoms with E-state index in [-0.39, 0.29) is 10.8 Å². The lowest BCUT2D eigenvalue weighted by molar-refractivity contribution is 0.102. The van der Waals surface area contributed by atoms with E-state index in [0.717, 1.165) is 10.5 Å². The molecule has 3 rings (SSSR count). The molecule has 0 saturated carbocycles. The van der Waals surface area contributed by atoms with Crippen molar-refractivity contribution in [2.75, 3.05) is 16.3 Å². The van der Waals surface area contributed by atoms with Gasteiger partial charge in [-0.2, -0.15) is 0 Å². The van der Waals surface area contributed by atoms with Crippen molar-refractivity contribution < 1.29 is 13.2 Å². The lowest BCUT2D eigenvalue weighted by atomic mass is 10.2. The summed E-state index contributed by atoms with van der Waals surface area (Å²) >= 11 is 1.63. The molecule has 3 aromatic carbocycles. The second-order valence-electron chi connectivity index (χ2n) is 6.63. The van der Waals surface area contributed by atoms with Gasteiger partial charge in [-0.1, -0.05) is 12.1 Å². The van der Waals surface area contributed by atoms with E-state index in [1.54, 1.807) is 55.1 Å². The number of sulfonamides is 1. The Morgan fingerprint density at radius 3 is 2.10 bits per heavy atom. The van der Waals surface area contributed by atoms with Gasteiger partial charge >= 0.3 is 0 Å². The van der Waals surface area contributed by atoms with Crippen LogP contribution in [0.1, 0.15) is 21.5 Å². The third-order valence-corrected chi connectivity index (χ3v) is 6.65. The van der Waals surface area contributed by atoms with Crippen LogP contribution in [0.25, 0.3) is 0 Å². The van der Waals surface area contributed by atoms with Crippen LogP contribution in [0.2, 0.25) is 0 Å². The maximum atomic E-state index is 12.7. The summed E-state index contributed by atoms with van der Waals surface area (Å²) in [5, 5.41) is 2.83. The number of thioether (sulfide) groups is 1. The molecule has 150 valence electrons. The summed E-state index contributed by atoms with van der Waals surface area (Å²) in [4.78, 5) is 13.8. The van der Waals surface area contributed by atoms with Crippen LogP contribution in [0.3, 0.4) is 0 Å². The molecule has 3 aromatic rings. The van der Waals surface area contributed by atoms with Gasteiger partial charge in [0, 0.05) is 21.8 Å². The second-order valence-corrected chi connectivity index (χ2v) is 9.16. The van der Waals surface area contributed by atoms with Gasteiger partial charge in [0.25, 0.3) is 15.9 Å². The van der Waals surface area contributed by atoms with Crippen molar-refractivity contribution >= 4 is 39.1 Å². The first kappa shape index (κ1) is 21.0. The minimum Gasteiger partial charge on any atom is -0.322 e. The van der Waals surface area contributed by atoms with Crippen molar-refractivity contribution in [1.82, 2.24) is 0 Å². The van der Waals surface area contributed by atoms with Crippen LogP contribution in [-0.4, -0.2) is 20.6 Å². The molecule has 0 aliphatic carbocycles. The minimum atomic E-state index is -3.71. The number of benzene rings is 3. The standard InChI is InChI=1S/C22H22N2O3S2/c1-15-4-5-16(2)21(14-15)29(26,27)24-19-8-6-17(7-9-19)22(25)23-18-10-12-20(28-3)13-11-18/h4-14,24H,1-3H3,(H,23,25). The van der Waals surface area contributed by atoms with Crippen LogP contribution < -0.4 is 10.0 Å². The lowest BCUT2D eigenvalue weighted by Crippen LogP contribution is -2.15. The van der Waals surface area contributed by atoms with E-state index in [1.165, 1.54) is 0 Å². The Kier molecular flexibility index (Phi) is 6.30. The maximum Gasteiger partial charge on any atom is 0.262 e. The summed E-state index contributed by atoms with van der Waals surface area (Å²) in [5.74, 6) is -0.258. The van der Waals surface area contributed by atoms with Crippen molar-refractivity contribution in [3.8, 4) is 0 Å². The number of rotatable bonds is 6. The molecule has 2 N–H and O–H groups in total. The fourth-order valence-corrected chi connectivity index (χ4v) is 4.57. The van der Waals surface area contributed by atoms with Crippen molar-refractivity contribution in [3.63, 3.8) is 0 Å². The average Bonchev–Trinajstić information content (AvgIpc) is 2.70. The first-order valence-electron chi connectivity index (χ1n) is 8.94. The summed E-state index contributed by atoms with van der Waals surface area (Å²) in [5.41, 5.74) is 3.08. The molecule has 0 unspecified atom stereocenters. The highest BCUT2D eigenvalue weighted by atomic mass is 32.2. The molecular formula is C22H22N2O3S2. The Balaban J connectivity index is 1.72. The summed E-state index contributed by atoms with van der Waals surface area (Å²) in [6.07, 6.45) is 1.99. The zero-order valence-corrected chi connectivity index (χ0v) is 18.0. The Morgan fingerprint density at radius 2 is 1.48 bits per heavy atom. The quantitative estimate of drug-likeness (QED) is 0.539.